The number of nitrogens with two attached hydrogens (primary N) is 1. The minimum Gasteiger partial charge on any atom is -0.444 e. The number of anilines is 1. The van der Waals surface area contributed by atoms with E-state index in [0.29, 0.717) is 10.7 Å². The molecule has 1 heterocycles. The van der Waals surface area contributed by atoms with E-state index in [1.165, 1.54) is 0 Å². The number of benzene rings is 2. The first-order chi connectivity index (χ1) is 18.3. The fourth-order valence-electron chi connectivity index (χ4n) is 3.85. The Morgan fingerprint density at radius 3 is 2.20 bits per heavy atom. The molecule has 2 amide bonds. The summed E-state index contributed by atoms with van der Waals surface area (Å²) in [6.07, 6.45) is -1.19. The molecule has 1 aromatic heterocycles. The van der Waals surface area contributed by atoms with Crippen LogP contribution in [-0.4, -0.2) is 21.8 Å². The van der Waals surface area contributed by atoms with E-state index in [-0.39, 0.29) is 36.1 Å². The topological polar surface area (TPSA) is 123 Å². The largest absolute Gasteiger partial charge is 0.444 e. The fourth-order valence-corrected chi connectivity index (χ4v) is 5.31. The van der Waals surface area contributed by atoms with Crippen molar-refractivity contribution in [3.8, 4) is 11.8 Å². The maximum atomic E-state index is 13.9. The minimum absolute atomic E-state index is 0.0812. The van der Waals surface area contributed by atoms with Crippen LogP contribution in [0, 0.1) is 23.0 Å². The first-order valence-electron chi connectivity index (χ1n) is 10.7. The molecule has 4 rings (SSSR count). The third-order valence-corrected chi connectivity index (χ3v) is 7.64. The van der Waals surface area contributed by atoms with E-state index < -0.39 is 78.0 Å². The maximum Gasteiger partial charge on any atom is 0.413 e. The van der Waals surface area contributed by atoms with Crippen molar-refractivity contribution < 1.29 is 42.5 Å². The van der Waals surface area contributed by atoms with Gasteiger partial charge in [0.2, 0.25) is 5.91 Å². The van der Waals surface area contributed by atoms with E-state index in [9.17, 15) is 43.1 Å². The van der Waals surface area contributed by atoms with Crippen LogP contribution in [0.3, 0.4) is 0 Å². The number of ether oxygens (including phenoxy) is 1. The second kappa shape index (κ2) is 8.91. The number of nitriles is 1. The molecule has 0 atom stereocenters. The Bertz CT molecular complexity index is 1610. The molecule has 0 bridgehead atoms. The van der Waals surface area contributed by atoms with Crippen LogP contribution in [0.25, 0.3) is 5.69 Å². The number of carbonyl (C=O) groups is 2. The number of halogens is 9. The van der Waals surface area contributed by atoms with Crippen molar-refractivity contribution in [1.29, 1.82) is 5.26 Å². The Hall–Kier alpha value is -3.68. The lowest BCUT2D eigenvalue weighted by Crippen LogP contribution is -2.30. The molecule has 214 valence electrons. The Morgan fingerprint density at radius 1 is 1.12 bits per heavy atom. The van der Waals surface area contributed by atoms with Gasteiger partial charge in [0.05, 0.1) is 15.5 Å². The summed E-state index contributed by atoms with van der Waals surface area (Å²) in [5.74, 6) is -3.43. The third-order valence-electron chi connectivity index (χ3n) is 5.93. The van der Waals surface area contributed by atoms with Crippen molar-refractivity contribution in [2.45, 2.75) is 29.8 Å². The van der Waals surface area contributed by atoms with Gasteiger partial charge in [0.1, 0.15) is 40.7 Å². The van der Waals surface area contributed by atoms with Gasteiger partial charge in [-0.05, 0) is 37.1 Å². The molecule has 0 aliphatic heterocycles. The molecule has 3 N–H and O–H groups in total. The standard InChI is InChI=1S/C22H14Cl2F7N5O3S/c23-13-6-12(40(27,28,29,30)31)7-14(24)18(13)36-19(17(16(8-32)35-36)22(3-4-22)20(33)37)34-21(38)39-9-10-1-2-11(25)5-15(10)26/h1-2,5-7H,3-4,9H2,(H2,33,37)(H,34,38). The van der Waals surface area contributed by atoms with E-state index in [4.69, 9.17) is 33.7 Å². The van der Waals surface area contributed by atoms with Crippen molar-refractivity contribution in [3.05, 3.63) is 68.8 Å². The van der Waals surface area contributed by atoms with Gasteiger partial charge in [-0.2, -0.15) is 10.4 Å². The van der Waals surface area contributed by atoms with Crippen LogP contribution in [0.1, 0.15) is 29.7 Å². The van der Waals surface area contributed by atoms with Crippen LogP contribution in [0.4, 0.5) is 38.8 Å². The molecular weight excluding hydrogens is 618 g/mol. The molecule has 40 heavy (non-hydrogen) atoms. The summed E-state index contributed by atoms with van der Waals surface area (Å²) in [6.45, 7) is -0.729. The molecule has 2 aromatic carbocycles. The molecule has 8 nitrogen and oxygen atoms in total. The van der Waals surface area contributed by atoms with E-state index in [2.05, 4.69) is 10.4 Å². The van der Waals surface area contributed by atoms with E-state index >= 15 is 0 Å². The number of nitrogens with one attached hydrogen (secondary N) is 1. The predicted molar refractivity (Wildman–Crippen MR) is 130 cm³/mol. The number of hydrogen-bond acceptors (Lipinski definition) is 5. The third kappa shape index (κ3) is 5.49. The number of amides is 2. The molecule has 3 aromatic rings. The van der Waals surface area contributed by atoms with Gasteiger partial charge in [-0.25, -0.2) is 18.3 Å². The molecule has 1 aliphatic rings. The Morgan fingerprint density at radius 2 is 1.73 bits per heavy atom. The van der Waals surface area contributed by atoms with Gasteiger partial charge >= 0.3 is 16.3 Å². The number of primary amides is 1. The lowest BCUT2D eigenvalue weighted by Gasteiger charge is -2.40. The molecule has 0 spiro atoms. The number of carbonyl (C=O) groups excluding carboxylic acids is 2. The van der Waals surface area contributed by atoms with E-state index in [1.807, 2.05) is 0 Å². The highest BCUT2D eigenvalue weighted by Gasteiger charge is 2.65. The number of nitrogens with zero attached hydrogens (tertiary/aromatic N) is 3. The highest BCUT2D eigenvalue weighted by Crippen LogP contribution is 3.02. The highest BCUT2D eigenvalue weighted by atomic mass is 35.5. The summed E-state index contributed by atoms with van der Waals surface area (Å²) < 4.78 is 99.5. The first kappa shape index (κ1) is 29.3. The molecular formula is C22H14Cl2F7N5O3S. The summed E-state index contributed by atoms with van der Waals surface area (Å²) in [6, 6.07) is 3.86. The molecule has 0 radical (unpaired) electrons. The van der Waals surface area contributed by atoms with Crippen LogP contribution >= 0.6 is 33.4 Å². The van der Waals surface area contributed by atoms with Gasteiger partial charge in [-0.3, -0.25) is 10.1 Å². The van der Waals surface area contributed by atoms with Crippen molar-refractivity contribution in [2.75, 3.05) is 5.32 Å². The number of rotatable bonds is 7. The zero-order valence-electron chi connectivity index (χ0n) is 19.5. The zero-order valence-corrected chi connectivity index (χ0v) is 21.8. The molecule has 0 saturated heterocycles. The first-order valence-corrected chi connectivity index (χ1v) is 13.4. The lowest BCUT2D eigenvalue weighted by molar-refractivity contribution is -0.120. The second-order valence-electron chi connectivity index (χ2n) is 8.68. The Balaban J connectivity index is 1.83. The number of hydrogen-bond donors (Lipinski definition) is 2. The molecule has 1 fully saturated rings. The van der Waals surface area contributed by atoms with E-state index in [0.717, 1.165) is 12.1 Å². The summed E-state index contributed by atoms with van der Waals surface area (Å²) >= 11 is 11.9. The van der Waals surface area contributed by atoms with Gasteiger partial charge in [0.15, 0.2) is 5.69 Å². The highest BCUT2D eigenvalue weighted by molar-refractivity contribution is 8.45. The Labute approximate surface area is 230 Å². The van der Waals surface area contributed by atoms with Gasteiger partial charge in [-0.1, -0.05) is 42.6 Å². The monoisotopic (exact) mass is 631 g/mol. The predicted octanol–water partition coefficient (Wildman–Crippen LogP) is 7.25. The average Bonchev–Trinajstić information content (AvgIpc) is 3.54. The Kier molecular flexibility index (Phi) is 6.53. The summed E-state index contributed by atoms with van der Waals surface area (Å²) in [5.41, 5.74) is 2.25. The molecule has 0 unspecified atom stereocenters. The van der Waals surface area contributed by atoms with Crippen molar-refractivity contribution in [2.24, 2.45) is 5.73 Å². The van der Waals surface area contributed by atoms with Gasteiger partial charge in [0, 0.05) is 17.2 Å². The maximum absolute atomic E-state index is 13.9. The van der Waals surface area contributed by atoms with E-state index in [1.54, 1.807) is 6.07 Å². The van der Waals surface area contributed by atoms with Gasteiger partial charge in [0.25, 0.3) is 0 Å². The van der Waals surface area contributed by atoms with Crippen LogP contribution in [0.2, 0.25) is 10.0 Å². The smallest absolute Gasteiger partial charge is 0.413 e. The van der Waals surface area contributed by atoms with Crippen LogP contribution in [0.5, 0.6) is 0 Å². The zero-order chi connectivity index (χ0) is 29.9. The molecule has 18 heteroatoms. The summed E-state index contributed by atoms with van der Waals surface area (Å²) in [5, 5.41) is 13.7. The van der Waals surface area contributed by atoms with Crippen molar-refractivity contribution >= 4 is 51.2 Å². The summed E-state index contributed by atoms with van der Waals surface area (Å²) in [4.78, 5) is 22.5. The normalized spacial score (nSPS) is 15.9. The number of aromatic nitrogens is 2. The second-order valence-corrected chi connectivity index (χ2v) is 11.9. The minimum atomic E-state index is -10.2. The van der Waals surface area contributed by atoms with Crippen LogP contribution in [0.15, 0.2) is 35.2 Å². The SMILES string of the molecule is N#Cc1nn(-c2c(Cl)cc(S(F)(F)(F)(F)F)cc2Cl)c(NC(=O)OCc2ccc(F)cc2F)c1C1(C(N)=O)CC1. The van der Waals surface area contributed by atoms with Crippen LogP contribution < -0.4 is 11.1 Å². The van der Waals surface area contributed by atoms with Crippen molar-refractivity contribution in [1.82, 2.24) is 9.78 Å². The average molecular weight is 632 g/mol. The fraction of sp³-hybridized carbons (Fsp3) is 0.182. The summed E-state index contributed by atoms with van der Waals surface area (Å²) in [7, 11) is -10.2. The lowest BCUT2D eigenvalue weighted by atomic mass is 9.94. The van der Waals surface area contributed by atoms with Crippen molar-refractivity contribution in [3.63, 3.8) is 0 Å². The molecule has 1 saturated carbocycles. The van der Waals surface area contributed by atoms with Gasteiger partial charge < -0.3 is 10.5 Å². The van der Waals surface area contributed by atoms with Gasteiger partial charge in [-0.15, -0.1) is 0 Å². The van der Waals surface area contributed by atoms with Crippen LogP contribution in [-0.2, 0) is 21.6 Å². The quantitative estimate of drug-likeness (QED) is 0.266. The molecule has 1 aliphatic carbocycles.